The van der Waals surface area contributed by atoms with Gasteiger partial charge in [-0.3, -0.25) is 9.59 Å². The summed E-state index contributed by atoms with van der Waals surface area (Å²) in [7, 11) is 0. The Kier molecular flexibility index (Phi) is 6.48. The zero-order valence-corrected chi connectivity index (χ0v) is 15.7. The molecule has 1 unspecified atom stereocenters. The SMILES string of the molecule is O=C(O)c1ccc(C2CCCN(C(=O)CCCN3CCCCC3=O)C2)cc1. The molecular weight excluding hydrogens is 344 g/mol. The summed E-state index contributed by atoms with van der Waals surface area (Å²) in [5.41, 5.74) is 1.38. The van der Waals surface area contributed by atoms with Crippen LogP contribution < -0.4 is 0 Å². The van der Waals surface area contributed by atoms with Gasteiger partial charge in [-0.25, -0.2) is 4.79 Å². The van der Waals surface area contributed by atoms with E-state index in [-0.39, 0.29) is 23.3 Å². The first-order valence-electron chi connectivity index (χ1n) is 9.93. The summed E-state index contributed by atoms with van der Waals surface area (Å²) in [5, 5.41) is 9.02. The van der Waals surface area contributed by atoms with E-state index in [1.807, 2.05) is 21.9 Å². The van der Waals surface area contributed by atoms with Crippen LogP contribution in [0.4, 0.5) is 0 Å². The summed E-state index contributed by atoms with van der Waals surface area (Å²) < 4.78 is 0. The minimum atomic E-state index is -0.922. The Morgan fingerprint density at radius 3 is 2.56 bits per heavy atom. The minimum Gasteiger partial charge on any atom is -0.478 e. The Labute approximate surface area is 160 Å². The first kappa shape index (κ1) is 19.4. The van der Waals surface area contributed by atoms with Gasteiger partial charge < -0.3 is 14.9 Å². The maximum Gasteiger partial charge on any atom is 0.335 e. The van der Waals surface area contributed by atoms with Gasteiger partial charge in [0.05, 0.1) is 5.56 Å². The number of carbonyl (C=O) groups is 3. The fourth-order valence-electron chi connectivity index (χ4n) is 4.05. The van der Waals surface area contributed by atoms with Crippen molar-refractivity contribution in [2.75, 3.05) is 26.2 Å². The van der Waals surface area contributed by atoms with Crippen LogP contribution in [0.15, 0.2) is 24.3 Å². The van der Waals surface area contributed by atoms with Crippen molar-refractivity contribution in [3.05, 3.63) is 35.4 Å². The third kappa shape index (κ3) is 5.08. The van der Waals surface area contributed by atoms with Crippen molar-refractivity contribution in [1.29, 1.82) is 0 Å². The average molecular weight is 372 g/mol. The van der Waals surface area contributed by atoms with Crippen molar-refractivity contribution in [3.63, 3.8) is 0 Å². The van der Waals surface area contributed by atoms with Gasteiger partial charge in [0.25, 0.3) is 0 Å². The maximum absolute atomic E-state index is 12.6. The number of aromatic carboxylic acids is 1. The Morgan fingerprint density at radius 2 is 1.85 bits per heavy atom. The molecule has 146 valence electrons. The molecule has 1 aromatic carbocycles. The standard InChI is InChI=1S/C21H28N2O4/c24-19-6-1-2-12-22(19)13-4-7-20(25)23-14-3-5-18(15-23)16-8-10-17(11-9-16)21(26)27/h8-11,18H,1-7,12-15H2,(H,26,27). The minimum absolute atomic E-state index is 0.159. The van der Waals surface area contributed by atoms with E-state index in [0.717, 1.165) is 50.8 Å². The Morgan fingerprint density at radius 1 is 1.07 bits per heavy atom. The van der Waals surface area contributed by atoms with Crippen LogP contribution in [0.1, 0.15) is 66.8 Å². The number of rotatable bonds is 6. The second kappa shape index (κ2) is 9.02. The molecular formula is C21H28N2O4. The van der Waals surface area contributed by atoms with Gasteiger partial charge >= 0.3 is 5.97 Å². The molecule has 0 aliphatic carbocycles. The molecule has 0 bridgehead atoms. The van der Waals surface area contributed by atoms with Crippen LogP contribution in [0.2, 0.25) is 0 Å². The highest BCUT2D eigenvalue weighted by molar-refractivity contribution is 5.87. The van der Waals surface area contributed by atoms with Crippen LogP contribution in [0.25, 0.3) is 0 Å². The molecule has 0 spiro atoms. The lowest BCUT2D eigenvalue weighted by Crippen LogP contribution is -2.40. The molecule has 0 aromatic heterocycles. The first-order valence-corrected chi connectivity index (χ1v) is 9.93. The van der Waals surface area contributed by atoms with Gasteiger partial charge in [0.15, 0.2) is 0 Å². The fourth-order valence-corrected chi connectivity index (χ4v) is 4.05. The first-order chi connectivity index (χ1) is 13.0. The predicted octanol–water partition coefficient (Wildman–Crippen LogP) is 2.88. The predicted molar refractivity (Wildman–Crippen MR) is 102 cm³/mol. The summed E-state index contributed by atoms with van der Waals surface area (Å²) in [5.74, 6) is -0.286. The zero-order valence-electron chi connectivity index (χ0n) is 15.7. The van der Waals surface area contributed by atoms with Gasteiger partial charge in [0, 0.05) is 44.9 Å². The quantitative estimate of drug-likeness (QED) is 0.833. The molecule has 27 heavy (non-hydrogen) atoms. The van der Waals surface area contributed by atoms with Gasteiger partial charge in [0.1, 0.15) is 0 Å². The lowest BCUT2D eigenvalue weighted by molar-refractivity contribution is -0.135. The lowest BCUT2D eigenvalue weighted by Gasteiger charge is -2.33. The highest BCUT2D eigenvalue weighted by Crippen LogP contribution is 2.27. The smallest absolute Gasteiger partial charge is 0.335 e. The number of carboxylic acids is 1. The molecule has 2 saturated heterocycles. The Hall–Kier alpha value is -2.37. The number of benzene rings is 1. The van der Waals surface area contributed by atoms with Crippen LogP contribution in [0.3, 0.4) is 0 Å². The van der Waals surface area contributed by atoms with E-state index in [0.29, 0.717) is 25.9 Å². The summed E-state index contributed by atoms with van der Waals surface area (Å²) in [6.45, 7) is 2.97. The van der Waals surface area contributed by atoms with E-state index < -0.39 is 5.97 Å². The molecule has 0 saturated carbocycles. The van der Waals surface area contributed by atoms with Crippen molar-refractivity contribution in [2.24, 2.45) is 0 Å². The Bertz CT molecular complexity index is 686. The largest absolute Gasteiger partial charge is 0.478 e. The van der Waals surface area contributed by atoms with Gasteiger partial charge in [0.2, 0.25) is 11.8 Å². The molecule has 6 heteroatoms. The molecule has 1 aromatic rings. The zero-order chi connectivity index (χ0) is 19.2. The second-order valence-electron chi connectivity index (χ2n) is 7.55. The third-order valence-corrected chi connectivity index (χ3v) is 5.64. The molecule has 1 atom stereocenters. The number of likely N-dealkylation sites (tertiary alicyclic amines) is 2. The monoisotopic (exact) mass is 372 g/mol. The normalized spacial score (nSPS) is 20.6. The van der Waals surface area contributed by atoms with Crippen molar-refractivity contribution in [2.45, 2.75) is 50.9 Å². The van der Waals surface area contributed by atoms with E-state index in [4.69, 9.17) is 5.11 Å². The summed E-state index contributed by atoms with van der Waals surface area (Å²) in [4.78, 5) is 39.2. The van der Waals surface area contributed by atoms with Crippen LogP contribution in [0, 0.1) is 0 Å². The number of carbonyl (C=O) groups excluding carboxylic acids is 2. The van der Waals surface area contributed by atoms with Gasteiger partial charge in [-0.2, -0.15) is 0 Å². The lowest BCUT2D eigenvalue weighted by atomic mass is 9.90. The van der Waals surface area contributed by atoms with Crippen molar-refractivity contribution < 1.29 is 19.5 Å². The van der Waals surface area contributed by atoms with Crippen molar-refractivity contribution in [1.82, 2.24) is 9.80 Å². The van der Waals surface area contributed by atoms with E-state index in [1.165, 1.54) is 0 Å². The molecule has 3 rings (SSSR count). The summed E-state index contributed by atoms with van der Waals surface area (Å²) in [6.07, 6.45) is 5.86. The topological polar surface area (TPSA) is 77.9 Å². The number of hydrogen-bond acceptors (Lipinski definition) is 3. The number of amides is 2. The van der Waals surface area contributed by atoms with Crippen LogP contribution >= 0.6 is 0 Å². The number of hydrogen-bond donors (Lipinski definition) is 1. The molecule has 2 aliphatic heterocycles. The van der Waals surface area contributed by atoms with Gasteiger partial charge in [-0.15, -0.1) is 0 Å². The molecule has 2 amide bonds. The molecule has 1 N–H and O–H groups in total. The molecule has 2 aliphatic rings. The second-order valence-corrected chi connectivity index (χ2v) is 7.55. The maximum atomic E-state index is 12.6. The van der Waals surface area contributed by atoms with Crippen LogP contribution in [0.5, 0.6) is 0 Å². The van der Waals surface area contributed by atoms with Crippen molar-refractivity contribution in [3.8, 4) is 0 Å². The van der Waals surface area contributed by atoms with E-state index in [2.05, 4.69) is 0 Å². The molecule has 0 radical (unpaired) electrons. The fraction of sp³-hybridized carbons (Fsp3) is 0.571. The molecule has 2 fully saturated rings. The van der Waals surface area contributed by atoms with Gasteiger partial charge in [-0.1, -0.05) is 12.1 Å². The number of carboxylic acid groups (broad SMARTS) is 1. The number of piperidine rings is 2. The highest BCUT2D eigenvalue weighted by atomic mass is 16.4. The molecule has 6 nitrogen and oxygen atoms in total. The van der Waals surface area contributed by atoms with Gasteiger partial charge in [-0.05, 0) is 49.8 Å². The van der Waals surface area contributed by atoms with E-state index in [9.17, 15) is 14.4 Å². The summed E-state index contributed by atoms with van der Waals surface area (Å²) >= 11 is 0. The molecule has 2 heterocycles. The Balaban J connectivity index is 1.48. The average Bonchev–Trinajstić information content (AvgIpc) is 2.69. The highest BCUT2D eigenvalue weighted by Gasteiger charge is 2.25. The third-order valence-electron chi connectivity index (χ3n) is 5.64. The van der Waals surface area contributed by atoms with Crippen LogP contribution in [-0.4, -0.2) is 58.9 Å². The number of nitrogens with zero attached hydrogens (tertiary/aromatic N) is 2. The van der Waals surface area contributed by atoms with Crippen LogP contribution in [-0.2, 0) is 9.59 Å². The van der Waals surface area contributed by atoms with Crippen molar-refractivity contribution >= 4 is 17.8 Å². The summed E-state index contributed by atoms with van der Waals surface area (Å²) in [6, 6.07) is 7.00. The van der Waals surface area contributed by atoms with E-state index >= 15 is 0 Å². The van der Waals surface area contributed by atoms with E-state index in [1.54, 1.807) is 12.1 Å².